The molecule has 8 nitrogen and oxygen atoms in total. The van der Waals surface area contributed by atoms with Crippen LogP contribution < -0.4 is 9.46 Å². The summed E-state index contributed by atoms with van der Waals surface area (Å²) < 4.78 is 60.0. The minimum absolute atomic E-state index is 0.168. The summed E-state index contributed by atoms with van der Waals surface area (Å²) in [5, 5.41) is 2.59. The van der Waals surface area contributed by atoms with Gasteiger partial charge in [0.1, 0.15) is 17.7 Å². The first-order valence-corrected chi connectivity index (χ1v) is 13.2. The van der Waals surface area contributed by atoms with Gasteiger partial charge in [-0.15, -0.1) is 0 Å². The van der Waals surface area contributed by atoms with Crippen molar-refractivity contribution in [3.05, 3.63) is 41.4 Å². The van der Waals surface area contributed by atoms with Crippen LogP contribution in [0.15, 0.2) is 34.7 Å². The molecular weight excluding hydrogens is 474 g/mol. The highest BCUT2D eigenvalue weighted by Gasteiger charge is 2.31. The van der Waals surface area contributed by atoms with Gasteiger partial charge in [-0.3, -0.25) is 9.69 Å². The number of amides is 1. The molecule has 0 radical (unpaired) electrons. The van der Waals surface area contributed by atoms with Gasteiger partial charge in [0.25, 0.3) is 5.19 Å². The number of likely N-dealkylation sites (tertiary alicyclic amines) is 2. The summed E-state index contributed by atoms with van der Waals surface area (Å²) in [4.78, 5) is 19.6. The Morgan fingerprint density at radius 2 is 1.79 bits per heavy atom. The number of sulfonamides is 1. The number of benzene rings is 1. The number of nitrogens with zero attached hydrogens (tertiary/aromatic N) is 3. The van der Waals surface area contributed by atoms with Crippen LogP contribution in [0.25, 0.3) is 0 Å². The Hall–Kier alpha value is -2.15. The second kappa shape index (κ2) is 10.4. The van der Waals surface area contributed by atoms with E-state index in [-0.39, 0.29) is 6.10 Å². The second-order valence-electron chi connectivity index (χ2n) is 8.14. The van der Waals surface area contributed by atoms with Gasteiger partial charge in [0.15, 0.2) is 4.90 Å². The first-order valence-electron chi connectivity index (χ1n) is 10.8. The topological polar surface area (TPSA) is 91.8 Å². The second-order valence-corrected chi connectivity index (χ2v) is 10.7. The third-order valence-electron chi connectivity index (χ3n) is 6.09. The molecular formula is C21H26F2N4O4S2. The Morgan fingerprint density at radius 1 is 1.12 bits per heavy atom. The quantitative estimate of drug-likeness (QED) is 0.627. The van der Waals surface area contributed by atoms with Gasteiger partial charge in [-0.2, -0.15) is 0 Å². The van der Waals surface area contributed by atoms with Crippen molar-refractivity contribution in [3.63, 3.8) is 0 Å². The molecule has 12 heteroatoms. The normalized spacial score (nSPS) is 19.0. The molecule has 0 bridgehead atoms. The van der Waals surface area contributed by atoms with Gasteiger partial charge >= 0.3 is 0 Å². The van der Waals surface area contributed by atoms with Crippen molar-refractivity contribution in [3.8, 4) is 5.19 Å². The van der Waals surface area contributed by atoms with Crippen LogP contribution in [0.1, 0.15) is 25.7 Å². The van der Waals surface area contributed by atoms with E-state index in [0.29, 0.717) is 24.3 Å². The monoisotopic (exact) mass is 500 g/mol. The van der Waals surface area contributed by atoms with Crippen molar-refractivity contribution in [2.24, 2.45) is 0 Å². The number of halogens is 2. The molecule has 1 N–H and O–H groups in total. The summed E-state index contributed by atoms with van der Waals surface area (Å²) in [7, 11) is -4.48. The summed E-state index contributed by atoms with van der Waals surface area (Å²) >= 11 is 1.49. The number of hydrogen-bond acceptors (Lipinski definition) is 7. The molecule has 2 fully saturated rings. The summed E-state index contributed by atoms with van der Waals surface area (Å²) in [6, 6.07) is 3.16. The highest BCUT2D eigenvalue weighted by atomic mass is 32.2. The summed E-state index contributed by atoms with van der Waals surface area (Å²) in [6.45, 7) is 2.31. The zero-order valence-corrected chi connectivity index (χ0v) is 19.6. The Balaban J connectivity index is 1.22. The highest BCUT2D eigenvalue weighted by Crippen LogP contribution is 2.25. The van der Waals surface area contributed by atoms with E-state index in [1.807, 2.05) is 10.1 Å². The molecule has 1 aromatic heterocycles. The van der Waals surface area contributed by atoms with Crippen molar-refractivity contribution in [1.29, 1.82) is 0 Å². The fourth-order valence-corrected chi connectivity index (χ4v) is 5.99. The summed E-state index contributed by atoms with van der Waals surface area (Å²) in [5.74, 6) is -2.81. The molecule has 3 heterocycles. The first-order chi connectivity index (χ1) is 15.8. The van der Waals surface area contributed by atoms with Gasteiger partial charge in [0, 0.05) is 43.8 Å². The number of ether oxygens (including phenoxy) is 1. The minimum atomic E-state index is -4.48. The molecule has 0 atom stereocenters. The van der Waals surface area contributed by atoms with Gasteiger partial charge in [-0.1, -0.05) is 17.4 Å². The van der Waals surface area contributed by atoms with Gasteiger partial charge in [0.2, 0.25) is 15.9 Å². The molecule has 0 unspecified atom stereocenters. The van der Waals surface area contributed by atoms with Crippen LogP contribution in [0.4, 0.5) is 8.78 Å². The zero-order chi connectivity index (χ0) is 23.4. The van der Waals surface area contributed by atoms with E-state index in [9.17, 15) is 22.0 Å². The fourth-order valence-electron chi connectivity index (χ4n) is 4.33. The summed E-state index contributed by atoms with van der Waals surface area (Å²) in [6.07, 6.45) is 5.33. The zero-order valence-electron chi connectivity index (χ0n) is 18.0. The van der Waals surface area contributed by atoms with Gasteiger partial charge in [0.05, 0.1) is 6.54 Å². The number of aromatic nitrogens is 1. The number of nitrogens with one attached hydrogen (secondary N) is 1. The van der Waals surface area contributed by atoms with Crippen LogP contribution in [0.2, 0.25) is 0 Å². The molecule has 0 saturated carbocycles. The van der Waals surface area contributed by atoms with E-state index in [1.165, 1.54) is 11.3 Å². The molecule has 0 spiro atoms. The van der Waals surface area contributed by atoms with E-state index in [0.717, 1.165) is 57.0 Å². The van der Waals surface area contributed by atoms with Crippen molar-refractivity contribution in [2.75, 3.05) is 32.7 Å². The third-order valence-corrected chi connectivity index (χ3v) is 8.20. The maximum atomic E-state index is 13.8. The lowest BCUT2D eigenvalue weighted by Gasteiger charge is -2.41. The molecule has 2 aliphatic rings. The van der Waals surface area contributed by atoms with Gasteiger partial charge in [-0.25, -0.2) is 26.9 Å². The summed E-state index contributed by atoms with van der Waals surface area (Å²) in [5.41, 5.74) is 0. The van der Waals surface area contributed by atoms with E-state index in [2.05, 4.69) is 9.88 Å². The number of hydrogen-bond donors (Lipinski definition) is 1. The van der Waals surface area contributed by atoms with Crippen molar-refractivity contribution in [2.45, 2.75) is 42.7 Å². The lowest BCUT2D eigenvalue weighted by molar-refractivity contribution is -0.131. The third kappa shape index (κ3) is 5.86. The molecule has 2 saturated heterocycles. The van der Waals surface area contributed by atoms with Crippen molar-refractivity contribution < 1.29 is 26.7 Å². The van der Waals surface area contributed by atoms with Gasteiger partial charge < -0.3 is 9.64 Å². The molecule has 180 valence electrons. The van der Waals surface area contributed by atoms with E-state index in [1.54, 1.807) is 11.1 Å². The molecule has 4 rings (SSSR count). The number of carbonyl (C=O) groups is 1. The van der Waals surface area contributed by atoms with Crippen LogP contribution in [0.5, 0.6) is 5.19 Å². The maximum absolute atomic E-state index is 13.8. The Morgan fingerprint density at radius 3 is 2.39 bits per heavy atom. The average molecular weight is 501 g/mol. The molecule has 2 aromatic rings. The van der Waals surface area contributed by atoms with Crippen LogP contribution >= 0.6 is 11.3 Å². The smallest absolute Gasteiger partial charge is 0.273 e. The highest BCUT2D eigenvalue weighted by molar-refractivity contribution is 7.89. The van der Waals surface area contributed by atoms with Crippen LogP contribution in [0, 0.1) is 11.6 Å². The van der Waals surface area contributed by atoms with E-state index >= 15 is 0 Å². The predicted octanol–water partition coefficient (Wildman–Crippen LogP) is 2.23. The fraction of sp³-hybridized carbons (Fsp3) is 0.524. The van der Waals surface area contributed by atoms with E-state index < -0.39 is 39.0 Å². The molecule has 33 heavy (non-hydrogen) atoms. The molecule has 2 aliphatic heterocycles. The Bertz CT molecular complexity index is 1030. The van der Waals surface area contributed by atoms with E-state index in [4.69, 9.17) is 4.74 Å². The molecule has 0 aliphatic carbocycles. The predicted molar refractivity (Wildman–Crippen MR) is 118 cm³/mol. The van der Waals surface area contributed by atoms with Crippen LogP contribution in [0.3, 0.4) is 0 Å². The minimum Gasteiger partial charge on any atom is -0.467 e. The SMILES string of the molecule is O=C(CNS(=O)(=O)c1c(F)cccc1F)N1CCC(N2CCC(Oc3nccs3)CC2)CC1. The number of rotatable bonds is 7. The lowest BCUT2D eigenvalue weighted by Crippen LogP contribution is -2.51. The largest absolute Gasteiger partial charge is 0.467 e. The van der Waals surface area contributed by atoms with Crippen molar-refractivity contribution in [1.82, 2.24) is 19.5 Å². The lowest BCUT2D eigenvalue weighted by atomic mass is 9.99. The standard InChI is InChI=1S/C21H26F2N4O4S2/c22-17-2-1-3-18(23)20(17)33(29,30)25-14-19(28)27-9-4-15(5-10-27)26-11-6-16(7-12-26)31-21-24-8-13-32-21/h1-3,8,13,15-16,25H,4-7,9-12,14H2. The van der Waals surface area contributed by atoms with Crippen LogP contribution in [-0.2, 0) is 14.8 Å². The van der Waals surface area contributed by atoms with Gasteiger partial charge in [-0.05, 0) is 37.8 Å². The average Bonchev–Trinajstić information content (AvgIpc) is 3.31. The number of piperidine rings is 2. The Kier molecular flexibility index (Phi) is 7.57. The first kappa shape index (κ1) is 24.0. The molecule has 1 aromatic carbocycles. The van der Waals surface area contributed by atoms with Crippen LogP contribution in [-0.4, -0.2) is 74.0 Å². The van der Waals surface area contributed by atoms with Crippen molar-refractivity contribution >= 4 is 27.3 Å². The Labute approximate surface area is 195 Å². The molecule has 1 amide bonds. The number of carbonyl (C=O) groups excluding carboxylic acids is 1. The maximum Gasteiger partial charge on any atom is 0.273 e. The number of thiazole rings is 1.